The van der Waals surface area contributed by atoms with Crippen LogP contribution in [0.5, 0.6) is 6.01 Å². The average molecular weight is 502 g/mol. The highest BCUT2D eigenvalue weighted by Crippen LogP contribution is 2.37. The van der Waals surface area contributed by atoms with E-state index < -0.39 is 49.9 Å². The van der Waals surface area contributed by atoms with E-state index in [1.807, 2.05) is 0 Å². The van der Waals surface area contributed by atoms with Crippen molar-refractivity contribution in [2.24, 2.45) is 0 Å². The van der Waals surface area contributed by atoms with E-state index >= 15 is 4.39 Å². The smallest absolute Gasteiger partial charge is 0.316 e. The quantitative estimate of drug-likeness (QED) is 0.472. The fourth-order valence-corrected chi connectivity index (χ4v) is 5.70. The second-order valence-corrected chi connectivity index (χ2v) is 10.4. The summed E-state index contributed by atoms with van der Waals surface area (Å²) in [6.07, 6.45) is 6.36. The zero-order valence-corrected chi connectivity index (χ0v) is 19.4. The number of fused-ring (bicyclic) bond motifs is 1. The number of anilines is 2. The molecule has 0 amide bonds. The molecule has 1 aliphatic heterocycles. The molecule has 1 aliphatic carbocycles. The van der Waals surface area contributed by atoms with Crippen LogP contribution in [0.15, 0.2) is 36.8 Å². The molecular weight excluding hydrogens is 480 g/mol. The van der Waals surface area contributed by atoms with Gasteiger partial charge in [0, 0.05) is 41.8 Å². The molecule has 2 N–H and O–H groups in total. The van der Waals surface area contributed by atoms with E-state index in [2.05, 4.69) is 25.0 Å². The fourth-order valence-electron chi connectivity index (χ4n) is 4.12. The second-order valence-electron chi connectivity index (χ2n) is 8.40. The number of halogens is 2. The van der Waals surface area contributed by atoms with Gasteiger partial charge >= 0.3 is 6.01 Å². The molecule has 0 saturated heterocycles. The van der Waals surface area contributed by atoms with Crippen LogP contribution in [-0.4, -0.2) is 48.1 Å². The van der Waals surface area contributed by atoms with Crippen molar-refractivity contribution in [2.45, 2.75) is 30.4 Å². The van der Waals surface area contributed by atoms with Crippen molar-refractivity contribution < 1.29 is 26.7 Å². The van der Waals surface area contributed by atoms with E-state index in [-0.39, 0.29) is 12.6 Å². The largest absolute Gasteiger partial charge is 0.467 e. The van der Waals surface area contributed by atoms with Gasteiger partial charge in [0.1, 0.15) is 11.6 Å². The van der Waals surface area contributed by atoms with Crippen LogP contribution in [0, 0.1) is 11.6 Å². The number of nitrogens with zero attached hydrogens (tertiary/aromatic N) is 3. The van der Waals surface area contributed by atoms with Gasteiger partial charge in [-0.05, 0) is 31.0 Å². The van der Waals surface area contributed by atoms with Gasteiger partial charge in [-0.3, -0.25) is 9.52 Å². The van der Waals surface area contributed by atoms with Crippen LogP contribution in [0.25, 0.3) is 11.1 Å². The van der Waals surface area contributed by atoms with Gasteiger partial charge in [0.15, 0.2) is 11.6 Å². The summed E-state index contributed by atoms with van der Waals surface area (Å²) in [7, 11) is -2.39. The number of pyridine rings is 1. The summed E-state index contributed by atoms with van der Waals surface area (Å²) in [6, 6.07) is 3.76. The second kappa shape index (κ2) is 8.84. The first-order valence-corrected chi connectivity index (χ1v) is 12.5. The molecule has 12 heteroatoms. The number of hydrogen-bond acceptors (Lipinski definition) is 8. The highest BCUT2D eigenvalue weighted by molar-refractivity contribution is 7.93. The summed E-state index contributed by atoms with van der Waals surface area (Å²) in [5.41, 5.74) is 0.439. The summed E-state index contributed by atoms with van der Waals surface area (Å²) < 4.78 is 62.0. The molecular formula is C23H21F2N5O4S. The van der Waals surface area contributed by atoms with E-state index in [9.17, 15) is 17.6 Å². The predicted octanol–water partition coefficient (Wildman–Crippen LogP) is 3.51. The summed E-state index contributed by atoms with van der Waals surface area (Å²) in [5, 5.41) is 2.36. The highest BCUT2D eigenvalue weighted by Gasteiger charge is 2.36. The third-order valence-electron chi connectivity index (χ3n) is 6.31. The Morgan fingerprint density at radius 3 is 2.49 bits per heavy atom. The first-order chi connectivity index (χ1) is 16.8. The Balaban J connectivity index is 1.47. The average Bonchev–Trinajstić information content (AvgIpc) is 3.23. The first kappa shape index (κ1) is 23.1. The van der Waals surface area contributed by atoms with Crippen molar-refractivity contribution in [1.29, 1.82) is 0 Å². The number of carbonyl (C=O) groups is 1. The maximum Gasteiger partial charge on any atom is 0.316 e. The number of nitrogens with one attached hydrogen (secondary N) is 2. The molecule has 1 unspecified atom stereocenters. The Labute approximate surface area is 200 Å². The van der Waals surface area contributed by atoms with E-state index in [0.29, 0.717) is 35.3 Å². The molecule has 35 heavy (non-hydrogen) atoms. The monoisotopic (exact) mass is 501 g/mol. The van der Waals surface area contributed by atoms with Gasteiger partial charge < -0.3 is 10.1 Å². The van der Waals surface area contributed by atoms with Crippen LogP contribution >= 0.6 is 0 Å². The number of hydrogen-bond donors (Lipinski definition) is 2. The molecule has 3 heterocycles. The number of ketones is 1. The number of benzene rings is 1. The third-order valence-corrected chi connectivity index (χ3v) is 8.16. The SMILES string of the molecule is COc1ncc(-c2cnc3c(c2)C(C(=O)c2c(F)ccc(NS(=O)(=O)C4CCC4)c2F)CN3)cn1. The lowest BCUT2D eigenvalue weighted by Crippen LogP contribution is -2.33. The molecule has 9 nitrogen and oxygen atoms in total. The standard InChI is InChI=1S/C23H21F2N5O4S/c1-34-23-28-9-13(10-29-23)12-7-15-16(11-27-22(15)26-8-12)21(31)19-17(24)5-6-18(20(19)25)30-35(32,33)14-3-2-4-14/h5-10,14,16,30H,2-4,11H2,1H3,(H,26,27). The summed E-state index contributed by atoms with van der Waals surface area (Å²) in [6.45, 7) is 0.0840. The van der Waals surface area contributed by atoms with Crippen molar-refractivity contribution in [2.75, 3.05) is 23.7 Å². The lowest BCUT2D eigenvalue weighted by Gasteiger charge is -2.26. The summed E-state index contributed by atoms with van der Waals surface area (Å²) in [4.78, 5) is 25.8. The van der Waals surface area contributed by atoms with Gasteiger partial charge in [-0.15, -0.1) is 0 Å². The van der Waals surface area contributed by atoms with Gasteiger partial charge in [0.2, 0.25) is 10.0 Å². The third kappa shape index (κ3) is 4.18. The number of carbonyl (C=O) groups excluding carboxylic acids is 1. The Bertz CT molecular complexity index is 1410. The highest BCUT2D eigenvalue weighted by atomic mass is 32.2. The minimum atomic E-state index is -3.83. The van der Waals surface area contributed by atoms with Crippen molar-refractivity contribution >= 4 is 27.3 Å². The molecule has 2 aliphatic rings. The maximum absolute atomic E-state index is 15.3. The minimum Gasteiger partial charge on any atom is -0.467 e. The predicted molar refractivity (Wildman–Crippen MR) is 124 cm³/mol. The molecule has 2 aromatic heterocycles. The number of rotatable bonds is 7. The number of aromatic nitrogens is 3. The van der Waals surface area contributed by atoms with Crippen LogP contribution in [0.2, 0.25) is 0 Å². The van der Waals surface area contributed by atoms with Crippen LogP contribution < -0.4 is 14.8 Å². The topological polar surface area (TPSA) is 123 Å². The van der Waals surface area contributed by atoms with Crippen LogP contribution in [0.3, 0.4) is 0 Å². The maximum atomic E-state index is 15.3. The Kier molecular flexibility index (Phi) is 5.83. The van der Waals surface area contributed by atoms with E-state index in [0.717, 1.165) is 18.6 Å². The molecule has 1 aromatic carbocycles. The zero-order valence-electron chi connectivity index (χ0n) is 18.6. The van der Waals surface area contributed by atoms with E-state index in [1.165, 1.54) is 19.5 Å². The normalized spacial score (nSPS) is 17.3. The van der Waals surface area contributed by atoms with Gasteiger partial charge in [0.25, 0.3) is 0 Å². The minimum absolute atomic E-state index is 0.0840. The Morgan fingerprint density at radius 2 is 1.83 bits per heavy atom. The molecule has 182 valence electrons. The fraction of sp³-hybridized carbons (Fsp3) is 0.304. The summed E-state index contributed by atoms with van der Waals surface area (Å²) in [5.74, 6) is -3.64. The van der Waals surface area contributed by atoms with Crippen molar-refractivity contribution in [1.82, 2.24) is 15.0 Å². The lowest BCUT2D eigenvalue weighted by molar-refractivity contribution is 0.0958. The van der Waals surface area contributed by atoms with Gasteiger partial charge in [-0.25, -0.2) is 32.2 Å². The number of sulfonamides is 1. The molecule has 0 spiro atoms. The van der Waals surface area contributed by atoms with Gasteiger partial charge in [-0.2, -0.15) is 0 Å². The first-order valence-electron chi connectivity index (χ1n) is 10.9. The molecule has 1 atom stereocenters. The van der Waals surface area contributed by atoms with Crippen LogP contribution in [0.1, 0.15) is 41.1 Å². The van der Waals surface area contributed by atoms with Gasteiger partial charge in [0.05, 0.1) is 29.5 Å². The molecule has 3 aromatic rings. The summed E-state index contributed by atoms with van der Waals surface area (Å²) >= 11 is 0. The van der Waals surface area contributed by atoms with Crippen LogP contribution in [0.4, 0.5) is 20.3 Å². The lowest BCUT2D eigenvalue weighted by atomic mass is 9.91. The molecule has 5 rings (SSSR count). The molecule has 1 fully saturated rings. The van der Waals surface area contributed by atoms with Crippen LogP contribution in [-0.2, 0) is 10.0 Å². The zero-order chi connectivity index (χ0) is 24.7. The van der Waals surface area contributed by atoms with Crippen molar-refractivity contribution in [3.05, 3.63) is 59.6 Å². The van der Waals surface area contributed by atoms with E-state index in [4.69, 9.17) is 4.74 Å². The molecule has 0 radical (unpaired) electrons. The Hall–Kier alpha value is -3.67. The molecule has 1 saturated carbocycles. The van der Waals surface area contributed by atoms with Crippen molar-refractivity contribution in [3.8, 4) is 17.1 Å². The van der Waals surface area contributed by atoms with E-state index in [1.54, 1.807) is 12.3 Å². The number of Topliss-reactive ketones (excluding diaryl/α,β-unsaturated/α-hetero) is 1. The van der Waals surface area contributed by atoms with Gasteiger partial charge in [-0.1, -0.05) is 6.42 Å². The number of methoxy groups -OCH3 is 1. The van der Waals surface area contributed by atoms with Crippen molar-refractivity contribution in [3.63, 3.8) is 0 Å². The molecule has 0 bridgehead atoms. The Morgan fingerprint density at radius 1 is 1.11 bits per heavy atom. The number of ether oxygens (including phenoxy) is 1.